The first-order chi connectivity index (χ1) is 13.5. The summed E-state index contributed by atoms with van der Waals surface area (Å²) < 4.78 is 5.42. The third-order valence-corrected chi connectivity index (χ3v) is 4.16. The van der Waals surface area contributed by atoms with Crippen molar-refractivity contribution in [2.75, 3.05) is 17.2 Å². The van der Waals surface area contributed by atoms with Crippen LogP contribution in [0.15, 0.2) is 72.8 Å². The van der Waals surface area contributed by atoms with Crippen LogP contribution in [0.5, 0.6) is 5.75 Å². The second kappa shape index (κ2) is 9.06. The molecule has 0 saturated carbocycles. The Morgan fingerprint density at radius 2 is 1.57 bits per heavy atom. The topological polar surface area (TPSA) is 67.4 Å². The molecule has 0 radical (unpaired) electrons. The van der Waals surface area contributed by atoms with Gasteiger partial charge >= 0.3 is 0 Å². The van der Waals surface area contributed by atoms with E-state index in [2.05, 4.69) is 10.6 Å². The molecule has 6 heteroatoms. The van der Waals surface area contributed by atoms with Gasteiger partial charge in [-0.2, -0.15) is 0 Å². The maximum Gasteiger partial charge on any atom is 0.262 e. The second-order valence-corrected chi connectivity index (χ2v) is 6.57. The molecular formula is C22H19ClN2O3. The smallest absolute Gasteiger partial charge is 0.262 e. The number of ether oxygens (including phenoxy) is 1. The molecular weight excluding hydrogens is 376 g/mol. The lowest BCUT2D eigenvalue weighted by atomic mass is 10.1. The number of benzene rings is 3. The predicted molar refractivity (Wildman–Crippen MR) is 112 cm³/mol. The average molecular weight is 395 g/mol. The molecule has 0 bridgehead atoms. The van der Waals surface area contributed by atoms with Gasteiger partial charge in [0.1, 0.15) is 5.75 Å². The molecule has 3 rings (SSSR count). The molecule has 0 aliphatic carbocycles. The van der Waals surface area contributed by atoms with Gasteiger partial charge in [0.15, 0.2) is 12.4 Å². The highest BCUT2D eigenvalue weighted by atomic mass is 35.5. The van der Waals surface area contributed by atoms with E-state index in [9.17, 15) is 9.59 Å². The van der Waals surface area contributed by atoms with E-state index < -0.39 is 0 Å². The quantitative estimate of drug-likeness (QED) is 0.533. The van der Waals surface area contributed by atoms with E-state index in [0.29, 0.717) is 22.0 Å². The largest absolute Gasteiger partial charge is 0.484 e. The van der Waals surface area contributed by atoms with Gasteiger partial charge in [0.2, 0.25) is 0 Å². The van der Waals surface area contributed by atoms with Crippen LogP contribution in [0.1, 0.15) is 17.3 Å². The zero-order valence-electron chi connectivity index (χ0n) is 15.2. The fraction of sp³-hybridized carbons (Fsp3) is 0.0909. The van der Waals surface area contributed by atoms with Crippen LogP contribution in [0.2, 0.25) is 5.02 Å². The van der Waals surface area contributed by atoms with Gasteiger partial charge in [0.25, 0.3) is 5.91 Å². The van der Waals surface area contributed by atoms with E-state index in [1.807, 2.05) is 24.3 Å². The minimum Gasteiger partial charge on any atom is -0.484 e. The molecule has 0 aliphatic heterocycles. The number of hydrogen-bond acceptors (Lipinski definition) is 4. The number of anilines is 3. The highest BCUT2D eigenvalue weighted by molar-refractivity contribution is 6.30. The van der Waals surface area contributed by atoms with Gasteiger partial charge in [-0.3, -0.25) is 9.59 Å². The number of carbonyl (C=O) groups is 2. The normalized spacial score (nSPS) is 10.2. The van der Waals surface area contributed by atoms with E-state index in [0.717, 1.165) is 11.4 Å². The molecule has 1 amide bonds. The van der Waals surface area contributed by atoms with Gasteiger partial charge in [-0.25, -0.2) is 0 Å². The van der Waals surface area contributed by atoms with Crippen molar-refractivity contribution in [2.45, 2.75) is 6.92 Å². The Morgan fingerprint density at radius 3 is 2.25 bits per heavy atom. The monoisotopic (exact) mass is 394 g/mol. The number of rotatable bonds is 7. The molecule has 0 saturated heterocycles. The molecule has 0 spiro atoms. The predicted octanol–water partition coefficient (Wildman–Crippen LogP) is 5.30. The molecule has 2 N–H and O–H groups in total. The van der Waals surface area contributed by atoms with Crippen LogP contribution in [0.3, 0.4) is 0 Å². The van der Waals surface area contributed by atoms with Crippen LogP contribution in [0.4, 0.5) is 17.1 Å². The van der Waals surface area contributed by atoms with Crippen molar-refractivity contribution in [1.82, 2.24) is 0 Å². The highest BCUT2D eigenvalue weighted by Crippen LogP contribution is 2.20. The SMILES string of the molecule is CC(=O)c1cccc(Nc2ccc(NC(=O)COc3ccc(Cl)cc3)cc2)c1. The van der Waals surface area contributed by atoms with E-state index in [1.54, 1.807) is 48.5 Å². The van der Waals surface area contributed by atoms with E-state index in [1.165, 1.54) is 6.92 Å². The minimum absolute atomic E-state index is 0.0162. The summed E-state index contributed by atoms with van der Waals surface area (Å²) in [5.74, 6) is 0.333. The summed E-state index contributed by atoms with van der Waals surface area (Å²) in [5, 5.41) is 6.62. The summed E-state index contributed by atoms with van der Waals surface area (Å²) in [7, 11) is 0. The van der Waals surface area contributed by atoms with Crippen molar-refractivity contribution < 1.29 is 14.3 Å². The van der Waals surface area contributed by atoms with Crippen LogP contribution < -0.4 is 15.4 Å². The molecule has 3 aromatic rings. The molecule has 5 nitrogen and oxygen atoms in total. The lowest BCUT2D eigenvalue weighted by Crippen LogP contribution is -2.20. The van der Waals surface area contributed by atoms with Crippen molar-refractivity contribution in [3.8, 4) is 5.75 Å². The van der Waals surface area contributed by atoms with Crippen LogP contribution in [-0.4, -0.2) is 18.3 Å². The van der Waals surface area contributed by atoms with Crippen LogP contribution in [-0.2, 0) is 4.79 Å². The Morgan fingerprint density at radius 1 is 0.893 bits per heavy atom. The van der Waals surface area contributed by atoms with Gasteiger partial charge in [-0.15, -0.1) is 0 Å². The summed E-state index contributed by atoms with van der Waals surface area (Å²) in [6, 6.07) is 21.4. The number of Topliss-reactive ketones (excluding diaryl/α,β-unsaturated/α-hetero) is 1. The van der Waals surface area contributed by atoms with Crippen LogP contribution in [0, 0.1) is 0 Å². The van der Waals surface area contributed by atoms with Crippen LogP contribution in [0.25, 0.3) is 0 Å². The Bertz CT molecular complexity index is 970. The first-order valence-corrected chi connectivity index (χ1v) is 9.04. The standard InChI is InChI=1S/C22H19ClN2O3/c1-15(26)16-3-2-4-20(13-16)24-18-7-9-19(10-8-18)25-22(27)14-28-21-11-5-17(23)6-12-21/h2-13,24H,14H2,1H3,(H,25,27). The third-order valence-electron chi connectivity index (χ3n) is 3.91. The molecule has 3 aromatic carbocycles. The van der Waals surface area contributed by atoms with E-state index in [4.69, 9.17) is 16.3 Å². The number of carbonyl (C=O) groups excluding carboxylic acids is 2. The van der Waals surface area contributed by atoms with Crippen molar-refractivity contribution >= 4 is 40.4 Å². The highest BCUT2D eigenvalue weighted by Gasteiger charge is 2.05. The van der Waals surface area contributed by atoms with Gasteiger partial charge in [0, 0.05) is 27.6 Å². The summed E-state index contributed by atoms with van der Waals surface area (Å²) in [5.41, 5.74) is 2.97. The number of ketones is 1. The number of nitrogens with one attached hydrogen (secondary N) is 2. The summed E-state index contributed by atoms with van der Waals surface area (Å²) in [4.78, 5) is 23.5. The fourth-order valence-corrected chi connectivity index (χ4v) is 2.62. The molecule has 142 valence electrons. The zero-order chi connectivity index (χ0) is 19.9. The van der Waals surface area contributed by atoms with Crippen LogP contribution >= 0.6 is 11.6 Å². The third kappa shape index (κ3) is 5.59. The van der Waals surface area contributed by atoms with E-state index >= 15 is 0 Å². The number of hydrogen-bond donors (Lipinski definition) is 2. The van der Waals surface area contributed by atoms with Crippen molar-refractivity contribution in [3.63, 3.8) is 0 Å². The summed E-state index contributed by atoms with van der Waals surface area (Å²) in [6.07, 6.45) is 0. The first-order valence-electron chi connectivity index (χ1n) is 8.66. The molecule has 0 atom stereocenters. The second-order valence-electron chi connectivity index (χ2n) is 6.13. The Kier molecular flexibility index (Phi) is 6.29. The molecule has 0 heterocycles. The lowest BCUT2D eigenvalue weighted by molar-refractivity contribution is -0.118. The maximum atomic E-state index is 12.0. The van der Waals surface area contributed by atoms with E-state index in [-0.39, 0.29) is 18.3 Å². The summed E-state index contributed by atoms with van der Waals surface area (Å²) >= 11 is 5.81. The molecule has 0 aromatic heterocycles. The molecule has 0 unspecified atom stereocenters. The Balaban J connectivity index is 1.53. The zero-order valence-corrected chi connectivity index (χ0v) is 16.0. The Labute approximate surface area is 168 Å². The number of halogens is 1. The molecule has 0 fully saturated rings. The van der Waals surface area contributed by atoms with Gasteiger partial charge in [0.05, 0.1) is 0 Å². The van der Waals surface area contributed by atoms with Crippen molar-refractivity contribution in [2.24, 2.45) is 0 Å². The maximum absolute atomic E-state index is 12.0. The first kappa shape index (κ1) is 19.5. The number of amides is 1. The van der Waals surface area contributed by atoms with Gasteiger partial charge in [-0.05, 0) is 67.6 Å². The Hall–Kier alpha value is -3.31. The lowest BCUT2D eigenvalue weighted by Gasteiger charge is -2.10. The molecule has 0 aliphatic rings. The molecule has 28 heavy (non-hydrogen) atoms. The van der Waals surface area contributed by atoms with Crippen molar-refractivity contribution in [3.05, 3.63) is 83.4 Å². The minimum atomic E-state index is -0.259. The van der Waals surface area contributed by atoms with Crippen molar-refractivity contribution in [1.29, 1.82) is 0 Å². The van der Waals surface area contributed by atoms with Gasteiger partial charge in [-0.1, -0.05) is 23.7 Å². The van der Waals surface area contributed by atoms with Gasteiger partial charge < -0.3 is 15.4 Å². The summed E-state index contributed by atoms with van der Waals surface area (Å²) in [6.45, 7) is 1.44. The fourth-order valence-electron chi connectivity index (χ4n) is 2.50. The average Bonchev–Trinajstić information content (AvgIpc) is 2.69.